The molecule has 0 aliphatic rings. The van der Waals surface area contributed by atoms with Gasteiger partial charge >= 0.3 is 12.4 Å². The third-order valence-corrected chi connectivity index (χ3v) is 5.43. The number of carboxylic acid groups (broad SMARTS) is 1. The van der Waals surface area contributed by atoms with Crippen molar-refractivity contribution >= 4 is 35.3 Å². The lowest BCUT2D eigenvalue weighted by Crippen LogP contribution is -3.07. The Balaban J connectivity index is 0.00000171. The molecule has 1 rings (SSSR count). The van der Waals surface area contributed by atoms with Crippen molar-refractivity contribution in [3.05, 3.63) is 35.9 Å². The molecule has 9 nitrogen and oxygen atoms in total. The molecule has 4 N–H and O–H groups in total. The second kappa shape index (κ2) is 16.9. The molecule has 0 aliphatic heterocycles. The second-order valence-corrected chi connectivity index (χ2v) is 9.18. The number of likely N-dealkylation sites (N-methyl/N-ethyl adjacent to an activating group) is 1. The van der Waals surface area contributed by atoms with Crippen molar-refractivity contribution in [1.82, 2.24) is 10.6 Å². The normalized spacial score (nSPS) is 13.1. The van der Waals surface area contributed by atoms with Gasteiger partial charge in [0.25, 0.3) is 5.91 Å². The van der Waals surface area contributed by atoms with Gasteiger partial charge < -0.3 is 30.5 Å². The zero-order valence-electron chi connectivity index (χ0n) is 20.4. The summed E-state index contributed by atoms with van der Waals surface area (Å²) in [6.07, 6.45) is -10.5. The first-order chi connectivity index (χ1) is 17.4. The maximum Gasteiger partial charge on any atom is 0.450 e. The van der Waals surface area contributed by atoms with Crippen LogP contribution < -0.4 is 20.6 Å². The standard InChI is InChI=1S/C20H28F3N3O4S.C2HF3O2/c1-26(2)12-18(29)25-15(9-6-10-31-13-17(28)20(21,22)23)19(30)24-11-16(27)14-7-4-3-5-8-14;3-2(4,5)1(6)7/h3-5,7-8,15-16,27H,6,9-13H2,1-2H3,(H,24,30)(H,25,29);(H,6,7)/t15-,16?;/m0./s1. The van der Waals surface area contributed by atoms with Crippen molar-refractivity contribution in [2.24, 2.45) is 0 Å². The third-order valence-electron chi connectivity index (χ3n) is 4.38. The number of quaternary nitrogens is 1. The summed E-state index contributed by atoms with van der Waals surface area (Å²) in [7, 11) is 3.55. The SMILES string of the molecule is C[NH+](C)CC(=O)N[C@@H](CCCSCC(=O)C(F)(F)F)C(=O)NCC(O)c1ccccc1.O=C([O-])C(F)(F)F. The fraction of sp³-hybridized carbons (Fsp3) is 0.545. The van der Waals surface area contributed by atoms with Crippen LogP contribution in [0.4, 0.5) is 26.3 Å². The summed E-state index contributed by atoms with van der Waals surface area (Å²) in [5.41, 5.74) is 0.630. The van der Waals surface area contributed by atoms with Crippen molar-refractivity contribution in [1.29, 1.82) is 0 Å². The number of carbonyl (C=O) groups is 4. The van der Waals surface area contributed by atoms with Gasteiger partial charge in [0.05, 0.1) is 26.0 Å². The maximum absolute atomic E-state index is 12.6. The fourth-order valence-electron chi connectivity index (χ4n) is 2.59. The summed E-state index contributed by atoms with van der Waals surface area (Å²) >= 11 is 0.829. The number of nitrogens with one attached hydrogen (secondary N) is 3. The molecule has 1 aromatic rings. The monoisotopic (exact) mass is 577 g/mol. The summed E-state index contributed by atoms with van der Waals surface area (Å²) < 4.78 is 68.2. The van der Waals surface area contributed by atoms with E-state index in [1.165, 1.54) is 0 Å². The van der Waals surface area contributed by atoms with Crippen LogP contribution in [0.1, 0.15) is 24.5 Å². The van der Waals surface area contributed by atoms with Gasteiger partial charge in [-0.1, -0.05) is 30.3 Å². The Kier molecular flexibility index (Phi) is 15.6. The van der Waals surface area contributed by atoms with Crippen LogP contribution in [0.15, 0.2) is 30.3 Å². The zero-order chi connectivity index (χ0) is 29.5. The van der Waals surface area contributed by atoms with Gasteiger partial charge in [0.1, 0.15) is 12.0 Å². The Morgan fingerprint density at radius 1 is 1.03 bits per heavy atom. The highest BCUT2D eigenvalue weighted by molar-refractivity contribution is 7.99. The van der Waals surface area contributed by atoms with Gasteiger partial charge in [-0.2, -0.15) is 38.1 Å². The van der Waals surface area contributed by atoms with Gasteiger partial charge in [-0.15, -0.1) is 0 Å². The Hall–Kier alpha value is -2.85. The van der Waals surface area contributed by atoms with Crippen LogP contribution in [-0.2, 0) is 19.2 Å². The number of thioether (sulfide) groups is 1. The summed E-state index contributed by atoms with van der Waals surface area (Å²) in [6, 6.07) is 7.86. The number of aliphatic hydroxyl groups is 1. The van der Waals surface area contributed by atoms with Crippen LogP contribution in [0.2, 0.25) is 0 Å². The van der Waals surface area contributed by atoms with Gasteiger partial charge in [-0.25, -0.2) is 0 Å². The molecule has 1 unspecified atom stereocenters. The van der Waals surface area contributed by atoms with Crippen molar-refractivity contribution in [2.75, 3.05) is 38.7 Å². The number of alkyl halides is 6. The first-order valence-corrected chi connectivity index (χ1v) is 12.2. The number of carboxylic acids is 1. The van der Waals surface area contributed by atoms with Crippen molar-refractivity contribution in [3.8, 4) is 0 Å². The molecule has 0 aromatic heterocycles. The van der Waals surface area contributed by atoms with Gasteiger partial charge in [-0.3, -0.25) is 14.4 Å². The Labute approximate surface area is 218 Å². The molecule has 0 saturated carbocycles. The number of halogens is 6. The van der Waals surface area contributed by atoms with Crippen LogP contribution in [0.25, 0.3) is 0 Å². The van der Waals surface area contributed by atoms with Crippen LogP contribution in [-0.4, -0.2) is 85.8 Å². The van der Waals surface area contributed by atoms with E-state index in [1.807, 2.05) is 0 Å². The van der Waals surface area contributed by atoms with Crippen LogP contribution >= 0.6 is 11.8 Å². The number of hydrogen-bond donors (Lipinski definition) is 4. The number of amides is 2. The predicted octanol–water partition coefficient (Wildman–Crippen LogP) is -0.591. The molecule has 0 aliphatic carbocycles. The van der Waals surface area contributed by atoms with E-state index in [0.29, 0.717) is 12.0 Å². The minimum atomic E-state index is -5.19. The average molecular weight is 578 g/mol. The van der Waals surface area contributed by atoms with Crippen molar-refractivity contribution in [2.45, 2.75) is 37.3 Å². The van der Waals surface area contributed by atoms with Gasteiger partial charge in [-0.05, 0) is 24.2 Å². The van der Waals surface area contributed by atoms with E-state index in [1.54, 1.807) is 44.4 Å². The molecule has 0 spiro atoms. The number of ketones is 1. The Bertz CT molecular complexity index is 900. The maximum atomic E-state index is 12.6. The molecule has 1 aromatic carbocycles. The summed E-state index contributed by atoms with van der Waals surface area (Å²) in [6.45, 7) is 0.0915. The van der Waals surface area contributed by atoms with Crippen molar-refractivity contribution < 1.29 is 60.6 Å². The first-order valence-electron chi connectivity index (χ1n) is 11.0. The highest BCUT2D eigenvalue weighted by atomic mass is 32.2. The lowest BCUT2D eigenvalue weighted by atomic mass is 10.1. The van der Waals surface area contributed by atoms with Crippen molar-refractivity contribution in [3.63, 3.8) is 0 Å². The molecule has 2 atom stereocenters. The first kappa shape index (κ1) is 35.2. The van der Waals surface area contributed by atoms with Gasteiger partial charge in [0.2, 0.25) is 11.7 Å². The summed E-state index contributed by atoms with van der Waals surface area (Å²) in [5, 5.41) is 24.2. The molecular weight excluding hydrogens is 548 g/mol. The molecule has 216 valence electrons. The van der Waals surface area contributed by atoms with E-state index in [0.717, 1.165) is 16.7 Å². The Morgan fingerprint density at radius 2 is 1.58 bits per heavy atom. The van der Waals surface area contributed by atoms with E-state index in [9.17, 15) is 45.8 Å². The third kappa shape index (κ3) is 16.1. The summed E-state index contributed by atoms with van der Waals surface area (Å²) in [5.74, 6) is -6.10. The molecule has 0 saturated heterocycles. The van der Waals surface area contributed by atoms with Gasteiger partial charge in [0, 0.05) is 6.54 Å². The molecule has 0 heterocycles. The van der Waals surface area contributed by atoms with E-state index in [4.69, 9.17) is 9.90 Å². The number of aliphatic carboxylic acids is 1. The Morgan fingerprint density at radius 3 is 2.05 bits per heavy atom. The van der Waals surface area contributed by atoms with E-state index in [2.05, 4.69) is 10.6 Å². The number of carbonyl (C=O) groups excluding carboxylic acids is 4. The zero-order valence-corrected chi connectivity index (χ0v) is 21.3. The number of Topliss-reactive ketones (excluding diaryl/α,β-unsaturated/α-hetero) is 1. The number of aliphatic hydroxyl groups excluding tert-OH is 1. The van der Waals surface area contributed by atoms with Gasteiger partial charge in [0.15, 0.2) is 6.54 Å². The average Bonchev–Trinajstić information content (AvgIpc) is 2.80. The second-order valence-electron chi connectivity index (χ2n) is 8.08. The lowest BCUT2D eigenvalue weighted by molar-refractivity contribution is -0.849. The molecule has 0 radical (unpaired) electrons. The topological polar surface area (TPSA) is 140 Å². The largest absolute Gasteiger partial charge is 0.542 e. The minimum absolute atomic E-state index is 0.0526. The molecular formula is C22H29F6N3O6S. The fourth-order valence-corrected chi connectivity index (χ4v) is 3.45. The predicted molar refractivity (Wildman–Crippen MR) is 123 cm³/mol. The van der Waals surface area contributed by atoms with Crippen LogP contribution in [0.5, 0.6) is 0 Å². The molecule has 0 bridgehead atoms. The highest BCUT2D eigenvalue weighted by Crippen LogP contribution is 2.19. The lowest BCUT2D eigenvalue weighted by Gasteiger charge is -2.20. The molecule has 0 fully saturated rings. The molecule has 2 amide bonds. The highest BCUT2D eigenvalue weighted by Gasteiger charge is 2.37. The number of benzene rings is 1. The molecule has 38 heavy (non-hydrogen) atoms. The van der Waals surface area contributed by atoms with E-state index in [-0.39, 0.29) is 31.2 Å². The van der Waals surface area contributed by atoms with E-state index < -0.39 is 47.9 Å². The summed E-state index contributed by atoms with van der Waals surface area (Å²) in [4.78, 5) is 45.2. The number of rotatable bonds is 13. The van der Waals surface area contributed by atoms with Crippen LogP contribution in [0.3, 0.4) is 0 Å². The number of hydrogen-bond acceptors (Lipinski definition) is 7. The van der Waals surface area contributed by atoms with Crippen LogP contribution in [0, 0.1) is 0 Å². The smallest absolute Gasteiger partial charge is 0.450 e. The quantitative estimate of drug-likeness (QED) is 0.182. The molecule has 16 heteroatoms. The minimum Gasteiger partial charge on any atom is -0.542 e. The van der Waals surface area contributed by atoms with E-state index >= 15 is 0 Å².